The molecule has 3 nitrogen and oxygen atoms in total. The Hall–Kier alpha value is -2.21. The van der Waals surface area contributed by atoms with Gasteiger partial charge in [-0.15, -0.1) is 0 Å². The minimum atomic E-state index is -4.26. The molecule has 1 fully saturated rings. The molecule has 1 radical (unpaired) electrons. The fourth-order valence-electron chi connectivity index (χ4n) is 3.59. The van der Waals surface area contributed by atoms with E-state index < -0.39 is 11.7 Å². The van der Waals surface area contributed by atoms with Crippen LogP contribution in [0.1, 0.15) is 30.4 Å². The fraction of sp³-hybridized carbons (Fsp3) is 0.455. The Morgan fingerprint density at radius 1 is 0.786 bits per heavy atom. The molecule has 0 amide bonds. The van der Waals surface area contributed by atoms with Gasteiger partial charge in [0.15, 0.2) is 5.75 Å². The van der Waals surface area contributed by atoms with E-state index in [2.05, 4.69) is 9.80 Å². The predicted molar refractivity (Wildman–Crippen MR) is 104 cm³/mol. The lowest BCUT2D eigenvalue weighted by atomic mass is 10.0. The molecule has 1 heterocycles. The Labute approximate surface area is 164 Å². The van der Waals surface area contributed by atoms with E-state index in [0.717, 1.165) is 69.7 Å². The van der Waals surface area contributed by atoms with Crippen molar-refractivity contribution in [1.29, 1.82) is 0 Å². The Morgan fingerprint density at radius 2 is 1.43 bits per heavy atom. The maximum atomic E-state index is 12.6. The molecule has 2 aromatic carbocycles. The molecule has 0 saturated carbocycles. The van der Waals surface area contributed by atoms with Gasteiger partial charge in [0.2, 0.25) is 0 Å². The zero-order chi connectivity index (χ0) is 20.0. The summed E-state index contributed by atoms with van der Waals surface area (Å²) in [6.07, 6.45) is -0.270. The molecule has 6 heteroatoms. The van der Waals surface area contributed by atoms with Crippen LogP contribution < -0.4 is 4.90 Å². The summed E-state index contributed by atoms with van der Waals surface area (Å²) in [7, 11) is 0. The average Bonchev–Trinajstić information content (AvgIpc) is 2.69. The molecule has 0 aliphatic carbocycles. The number of benzene rings is 2. The number of hydrogen-bond donors (Lipinski definition) is 0. The number of anilines is 1. The minimum Gasteiger partial charge on any atom is -0.369 e. The summed E-state index contributed by atoms with van der Waals surface area (Å²) >= 11 is 0. The third-order valence-corrected chi connectivity index (χ3v) is 5.30. The lowest BCUT2D eigenvalue weighted by Gasteiger charge is -2.36. The molecule has 3 rings (SSSR count). The molecule has 0 N–H and O–H groups in total. The Kier molecular flexibility index (Phi) is 6.83. The zero-order valence-corrected chi connectivity index (χ0v) is 15.9. The lowest BCUT2D eigenvalue weighted by Crippen LogP contribution is -2.46. The first-order valence-electron chi connectivity index (χ1n) is 9.82. The molecule has 151 valence electrons. The van der Waals surface area contributed by atoms with Crippen molar-refractivity contribution in [1.82, 2.24) is 4.90 Å². The largest absolute Gasteiger partial charge is 0.416 e. The van der Waals surface area contributed by atoms with Gasteiger partial charge < -0.3 is 4.90 Å². The van der Waals surface area contributed by atoms with Crippen LogP contribution in [0.5, 0.6) is 5.75 Å². The molecule has 1 aliphatic rings. The summed E-state index contributed by atoms with van der Waals surface area (Å²) in [6, 6.07) is 12.5. The van der Waals surface area contributed by atoms with Crippen LogP contribution in [-0.2, 0) is 17.7 Å². The van der Waals surface area contributed by atoms with Gasteiger partial charge in [0.25, 0.3) is 0 Å². The summed E-state index contributed by atoms with van der Waals surface area (Å²) in [5.41, 5.74) is 1.49. The quantitative estimate of drug-likeness (QED) is 0.592. The van der Waals surface area contributed by atoms with E-state index in [0.29, 0.717) is 0 Å². The van der Waals surface area contributed by atoms with Gasteiger partial charge >= 0.3 is 6.18 Å². The smallest absolute Gasteiger partial charge is 0.369 e. The number of nitrogens with zero attached hydrogens (tertiary/aromatic N) is 2. The molecule has 0 unspecified atom stereocenters. The van der Waals surface area contributed by atoms with Crippen molar-refractivity contribution in [2.75, 3.05) is 37.6 Å². The molecule has 28 heavy (non-hydrogen) atoms. The normalized spacial score (nSPS) is 15.8. The van der Waals surface area contributed by atoms with Crippen LogP contribution in [0.3, 0.4) is 0 Å². The van der Waals surface area contributed by atoms with E-state index in [4.69, 9.17) is 0 Å². The van der Waals surface area contributed by atoms with Gasteiger partial charge in [-0.3, -0.25) is 10.0 Å². The van der Waals surface area contributed by atoms with Crippen LogP contribution >= 0.6 is 0 Å². The van der Waals surface area contributed by atoms with Gasteiger partial charge in [-0.05, 0) is 67.8 Å². The van der Waals surface area contributed by atoms with Crippen molar-refractivity contribution >= 4 is 5.69 Å². The lowest BCUT2D eigenvalue weighted by molar-refractivity contribution is -0.137. The van der Waals surface area contributed by atoms with Crippen LogP contribution in [0.4, 0.5) is 18.9 Å². The van der Waals surface area contributed by atoms with E-state index in [1.165, 1.54) is 12.1 Å². The standard InChI is InChI=1S/C22H26F3N2O/c23-22(24,25)19-7-5-18(6-8-19)4-2-1-3-13-26-14-16-27(17-15-26)20-9-11-21(28)12-10-20/h5-12H,1-4,13-17H2. The number of aryl methyl sites for hydroxylation is 1. The molecule has 2 aromatic rings. The first kappa shape index (κ1) is 20.5. The Bertz CT molecular complexity index is 721. The van der Waals surface area contributed by atoms with Crippen molar-refractivity contribution < 1.29 is 18.3 Å². The Balaban J connectivity index is 1.30. The van der Waals surface area contributed by atoms with Gasteiger partial charge in [0, 0.05) is 31.9 Å². The summed E-state index contributed by atoms with van der Waals surface area (Å²) in [5.74, 6) is 0.0404. The predicted octanol–water partition coefficient (Wildman–Crippen LogP) is 5.38. The third-order valence-electron chi connectivity index (χ3n) is 5.30. The second-order valence-electron chi connectivity index (χ2n) is 7.33. The molecule has 0 bridgehead atoms. The van der Waals surface area contributed by atoms with Gasteiger partial charge in [-0.25, -0.2) is 0 Å². The number of unbranched alkanes of at least 4 members (excludes halogenated alkanes) is 2. The second-order valence-corrected chi connectivity index (χ2v) is 7.33. The van der Waals surface area contributed by atoms with Gasteiger partial charge in [0.1, 0.15) is 0 Å². The van der Waals surface area contributed by atoms with Gasteiger partial charge in [-0.2, -0.15) is 13.2 Å². The van der Waals surface area contributed by atoms with Crippen molar-refractivity contribution in [3.8, 4) is 5.75 Å². The van der Waals surface area contributed by atoms with Crippen LogP contribution in [0.2, 0.25) is 0 Å². The highest BCUT2D eigenvalue weighted by Gasteiger charge is 2.29. The van der Waals surface area contributed by atoms with Crippen LogP contribution in [0.15, 0.2) is 48.5 Å². The summed E-state index contributed by atoms with van der Waals surface area (Å²) < 4.78 is 37.7. The maximum Gasteiger partial charge on any atom is 0.416 e. The topological polar surface area (TPSA) is 26.4 Å². The fourth-order valence-corrected chi connectivity index (χ4v) is 3.59. The summed E-state index contributed by atoms with van der Waals surface area (Å²) in [4.78, 5) is 4.76. The van der Waals surface area contributed by atoms with E-state index in [1.807, 2.05) is 12.1 Å². The Morgan fingerprint density at radius 3 is 2.04 bits per heavy atom. The average molecular weight is 391 g/mol. The second kappa shape index (κ2) is 9.32. The minimum absolute atomic E-state index is 0.0404. The van der Waals surface area contributed by atoms with Gasteiger partial charge in [0.05, 0.1) is 5.56 Å². The van der Waals surface area contributed by atoms with Crippen LogP contribution in [0.25, 0.3) is 0 Å². The molecule has 1 aliphatic heterocycles. The molecular formula is C22H26F3N2O. The van der Waals surface area contributed by atoms with E-state index in [9.17, 15) is 18.3 Å². The summed E-state index contributed by atoms with van der Waals surface area (Å²) in [5, 5.41) is 11.2. The number of alkyl halides is 3. The number of piperazine rings is 1. The summed E-state index contributed by atoms with van der Waals surface area (Å²) in [6.45, 7) is 5.00. The van der Waals surface area contributed by atoms with Crippen molar-refractivity contribution in [2.24, 2.45) is 0 Å². The zero-order valence-electron chi connectivity index (χ0n) is 15.9. The number of rotatable bonds is 7. The molecular weight excluding hydrogens is 365 g/mol. The molecule has 1 saturated heterocycles. The number of halogens is 3. The maximum absolute atomic E-state index is 12.6. The van der Waals surface area contributed by atoms with E-state index in [-0.39, 0.29) is 5.75 Å². The molecule has 0 atom stereocenters. The molecule has 0 spiro atoms. The van der Waals surface area contributed by atoms with E-state index in [1.54, 1.807) is 24.3 Å². The first-order chi connectivity index (χ1) is 13.4. The molecule has 0 aromatic heterocycles. The number of hydrogen-bond acceptors (Lipinski definition) is 2. The van der Waals surface area contributed by atoms with Crippen molar-refractivity contribution in [3.63, 3.8) is 0 Å². The van der Waals surface area contributed by atoms with Crippen LogP contribution in [0, 0.1) is 0 Å². The van der Waals surface area contributed by atoms with Gasteiger partial charge in [-0.1, -0.05) is 18.6 Å². The van der Waals surface area contributed by atoms with E-state index >= 15 is 0 Å². The highest BCUT2D eigenvalue weighted by Crippen LogP contribution is 2.29. The third kappa shape index (κ3) is 5.89. The SMILES string of the molecule is [O]c1ccc(N2CCN(CCCCCc3ccc(C(F)(F)F)cc3)CC2)cc1. The highest BCUT2D eigenvalue weighted by molar-refractivity contribution is 5.49. The highest BCUT2D eigenvalue weighted by atomic mass is 19.4. The first-order valence-corrected chi connectivity index (χ1v) is 9.82. The monoisotopic (exact) mass is 391 g/mol. The van der Waals surface area contributed by atoms with Crippen molar-refractivity contribution in [3.05, 3.63) is 59.7 Å². The van der Waals surface area contributed by atoms with Crippen molar-refractivity contribution in [2.45, 2.75) is 31.9 Å². The van der Waals surface area contributed by atoms with Crippen LogP contribution in [-0.4, -0.2) is 37.6 Å².